The predicted octanol–water partition coefficient (Wildman–Crippen LogP) is -2.73. The first-order valence-electron chi connectivity index (χ1n) is 10.8. The van der Waals surface area contributed by atoms with Crippen molar-refractivity contribution in [2.24, 2.45) is 16.6 Å². The van der Waals surface area contributed by atoms with Crippen LogP contribution in [0.2, 0.25) is 0 Å². The second-order valence-electron chi connectivity index (χ2n) is 8.49. The van der Waals surface area contributed by atoms with Crippen molar-refractivity contribution >= 4 is 29.7 Å². The van der Waals surface area contributed by atoms with E-state index in [2.05, 4.69) is 31.6 Å². The zero-order valence-electron chi connectivity index (χ0n) is 17.7. The van der Waals surface area contributed by atoms with E-state index in [1.165, 1.54) is 0 Å². The van der Waals surface area contributed by atoms with Crippen LogP contribution in [0.1, 0.15) is 38.5 Å². The van der Waals surface area contributed by atoms with Gasteiger partial charge in [0.2, 0.25) is 11.8 Å². The Bertz CT molecular complexity index is 767. The molecular weight excluding hydrogens is 422 g/mol. The number of hydrogen-bond donors (Lipinski definition) is 8. The number of carboxylic acid groups (broad SMARTS) is 2. The number of rotatable bonds is 9. The molecule has 2 amide bonds. The largest absolute Gasteiger partial charge is 0.481 e. The van der Waals surface area contributed by atoms with Crippen LogP contribution >= 0.6 is 0 Å². The number of nitrogens with one attached hydrogen (secondary N) is 5. The fraction of sp³-hybridized carbons (Fsp3) is 0.737. The fourth-order valence-electron chi connectivity index (χ4n) is 4.32. The first-order valence-corrected chi connectivity index (χ1v) is 10.8. The first-order chi connectivity index (χ1) is 15.2. The maximum Gasteiger partial charge on any atom is 0.326 e. The average Bonchev–Trinajstić information content (AvgIpc) is 2.75. The highest BCUT2D eigenvalue weighted by Crippen LogP contribution is 2.25. The predicted molar refractivity (Wildman–Crippen MR) is 112 cm³/mol. The Morgan fingerprint density at radius 1 is 1.19 bits per heavy atom. The number of amides is 2. The first kappa shape index (κ1) is 23.9. The van der Waals surface area contributed by atoms with Gasteiger partial charge in [-0.1, -0.05) is 0 Å². The van der Waals surface area contributed by atoms with Gasteiger partial charge < -0.3 is 26.6 Å². The van der Waals surface area contributed by atoms with Crippen LogP contribution in [0.4, 0.5) is 0 Å². The molecule has 1 aliphatic carbocycles. The van der Waals surface area contributed by atoms with E-state index in [4.69, 9.17) is 10.8 Å². The monoisotopic (exact) mass is 453 g/mol. The van der Waals surface area contributed by atoms with Crippen molar-refractivity contribution in [2.75, 3.05) is 13.1 Å². The zero-order valence-corrected chi connectivity index (χ0v) is 17.7. The van der Waals surface area contributed by atoms with Crippen molar-refractivity contribution in [3.8, 4) is 0 Å². The van der Waals surface area contributed by atoms with E-state index in [0.717, 1.165) is 12.8 Å². The quantitative estimate of drug-likeness (QED) is 0.181. The van der Waals surface area contributed by atoms with Gasteiger partial charge in [-0.25, -0.2) is 9.79 Å². The van der Waals surface area contributed by atoms with Crippen LogP contribution in [-0.2, 0) is 19.2 Å². The number of nitrogens with two attached hydrogens (primary N) is 1. The SMILES string of the molecule is NC1=NC2NCC(CNC3CCC(C(=O)NC(CCC(=O)O)C(=O)O)CC3)NC2C(=O)N1. The summed E-state index contributed by atoms with van der Waals surface area (Å²) in [5.41, 5.74) is 5.58. The van der Waals surface area contributed by atoms with Gasteiger partial charge in [0.15, 0.2) is 5.96 Å². The van der Waals surface area contributed by atoms with Gasteiger partial charge in [0, 0.05) is 37.5 Å². The topological polar surface area (TPSA) is 207 Å². The summed E-state index contributed by atoms with van der Waals surface area (Å²) in [6, 6.07) is -1.43. The highest BCUT2D eigenvalue weighted by Gasteiger charge is 2.38. The highest BCUT2D eigenvalue weighted by atomic mass is 16.4. The van der Waals surface area contributed by atoms with E-state index in [1.54, 1.807) is 0 Å². The van der Waals surface area contributed by atoms with Crippen molar-refractivity contribution in [3.05, 3.63) is 0 Å². The summed E-state index contributed by atoms with van der Waals surface area (Å²) in [6.07, 6.45) is 1.92. The Morgan fingerprint density at radius 2 is 1.91 bits per heavy atom. The lowest BCUT2D eigenvalue weighted by Gasteiger charge is -2.38. The minimum atomic E-state index is -1.23. The molecule has 0 radical (unpaired) electrons. The van der Waals surface area contributed by atoms with Crippen LogP contribution in [-0.4, -0.2) is 83.3 Å². The third-order valence-corrected chi connectivity index (χ3v) is 6.13. The lowest BCUT2D eigenvalue weighted by Crippen LogP contribution is -2.70. The average molecular weight is 454 g/mol. The molecule has 178 valence electrons. The van der Waals surface area contributed by atoms with Gasteiger partial charge in [-0.15, -0.1) is 0 Å². The molecule has 2 heterocycles. The molecule has 1 saturated carbocycles. The maximum atomic E-state index is 12.4. The number of piperazine rings is 1. The van der Waals surface area contributed by atoms with Crippen molar-refractivity contribution in [3.63, 3.8) is 0 Å². The number of guanidine groups is 1. The van der Waals surface area contributed by atoms with Crippen LogP contribution in [0.15, 0.2) is 4.99 Å². The Labute approximate surface area is 185 Å². The molecule has 2 fully saturated rings. The highest BCUT2D eigenvalue weighted by molar-refractivity contribution is 6.01. The Balaban J connectivity index is 1.38. The molecule has 4 atom stereocenters. The van der Waals surface area contributed by atoms with Gasteiger partial charge in [0.05, 0.1) is 0 Å². The number of carboxylic acids is 2. The molecule has 2 aliphatic heterocycles. The zero-order chi connectivity index (χ0) is 23.3. The normalized spacial score (nSPS) is 30.9. The summed E-state index contributed by atoms with van der Waals surface area (Å²) in [5.74, 6) is -3.06. The molecule has 3 rings (SSSR count). The number of carbonyl (C=O) groups is 4. The molecule has 13 heteroatoms. The summed E-state index contributed by atoms with van der Waals surface area (Å²) >= 11 is 0. The molecule has 32 heavy (non-hydrogen) atoms. The Kier molecular flexibility index (Phi) is 7.99. The standard InChI is InChI=1S/C19H31N7O6/c20-19-25-15-14(17(30)26-19)23-11(8-22-15)7-21-10-3-1-9(2-4-10)16(29)24-12(18(31)32)5-6-13(27)28/h9-12,14-15,21-23H,1-8H2,(H,24,29)(H,27,28)(H,31,32)(H3,20,25,26,30). The van der Waals surface area contributed by atoms with E-state index in [1.807, 2.05) is 0 Å². The number of aliphatic carboxylic acids is 2. The maximum absolute atomic E-state index is 12.4. The number of fused-ring (bicyclic) bond motifs is 1. The van der Waals surface area contributed by atoms with Gasteiger partial charge >= 0.3 is 11.9 Å². The van der Waals surface area contributed by atoms with Crippen LogP contribution in [0.25, 0.3) is 0 Å². The molecule has 9 N–H and O–H groups in total. The summed E-state index contributed by atoms with van der Waals surface area (Å²) < 4.78 is 0. The molecule has 3 aliphatic rings. The van der Waals surface area contributed by atoms with Gasteiger partial charge in [-0.2, -0.15) is 0 Å². The van der Waals surface area contributed by atoms with Crippen molar-refractivity contribution in [1.82, 2.24) is 26.6 Å². The van der Waals surface area contributed by atoms with Gasteiger partial charge in [-0.3, -0.25) is 30.3 Å². The number of nitrogens with zero attached hydrogens (tertiary/aromatic N) is 1. The molecule has 0 aromatic rings. The summed E-state index contributed by atoms with van der Waals surface area (Å²) in [6.45, 7) is 1.27. The van der Waals surface area contributed by atoms with Crippen molar-refractivity contribution in [2.45, 2.75) is 68.9 Å². The van der Waals surface area contributed by atoms with Crippen molar-refractivity contribution in [1.29, 1.82) is 0 Å². The van der Waals surface area contributed by atoms with Crippen LogP contribution in [0, 0.1) is 5.92 Å². The van der Waals surface area contributed by atoms with E-state index < -0.39 is 24.0 Å². The second-order valence-corrected chi connectivity index (χ2v) is 8.49. The van der Waals surface area contributed by atoms with Crippen LogP contribution < -0.4 is 32.3 Å². The number of aliphatic imine (C=N–C) groups is 1. The third kappa shape index (κ3) is 6.37. The van der Waals surface area contributed by atoms with Gasteiger partial charge in [0.1, 0.15) is 18.2 Å². The van der Waals surface area contributed by atoms with Crippen LogP contribution in [0.5, 0.6) is 0 Å². The molecule has 0 bridgehead atoms. The molecule has 1 saturated heterocycles. The lowest BCUT2D eigenvalue weighted by molar-refractivity contribution is -0.144. The van der Waals surface area contributed by atoms with Gasteiger partial charge in [-0.05, 0) is 32.1 Å². The molecule has 4 unspecified atom stereocenters. The summed E-state index contributed by atoms with van der Waals surface area (Å²) in [4.78, 5) is 50.7. The smallest absolute Gasteiger partial charge is 0.326 e. The Hall–Kier alpha value is -2.77. The number of carbonyl (C=O) groups excluding carboxylic acids is 2. The molecule has 13 nitrogen and oxygen atoms in total. The summed E-state index contributed by atoms with van der Waals surface area (Å²) in [7, 11) is 0. The van der Waals surface area contributed by atoms with E-state index in [-0.39, 0.29) is 54.8 Å². The minimum Gasteiger partial charge on any atom is -0.481 e. The van der Waals surface area contributed by atoms with Gasteiger partial charge in [0.25, 0.3) is 0 Å². The lowest BCUT2D eigenvalue weighted by atomic mass is 9.85. The number of hydrogen-bond acceptors (Lipinski definition) is 9. The van der Waals surface area contributed by atoms with E-state index in [9.17, 15) is 24.3 Å². The molecule has 0 spiro atoms. The molecular formula is C19H31N7O6. The molecule has 0 aromatic heterocycles. The summed E-state index contributed by atoms with van der Waals surface area (Å²) in [5, 5.41) is 32.9. The van der Waals surface area contributed by atoms with E-state index in [0.29, 0.717) is 25.9 Å². The van der Waals surface area contributed by atoms with Crippen molar-refractivity contribution < 1.29 is 29.4 Å². The van der Waals surface area contributed by atoms with E-state index >= 15 is 0 Å². The molecule has 0 aromatic carbocycles. The van der Waals surface area contributed by atoms with Crippen LogP contribution in [0.3, 0.4) is 0 Å². The fourth-order valence-corrected chi connectivity index (χ4v) is 4.32. The second kappa shape index (κ2) is 10.7. The minimum absolute atomic E-state index is 0.0307. The third-order valence-electron chi connectivity index (χ3n) is 6.13. The Morgan fingerprint density at radius 3 is 2.56 bits per heavy atom.